The van der Waals surface area contributed by atoms with E-state index in [0.29, 0.717) is 24.2 Å². The Balaban J connectivity index is 1.79. The van der Waals surface area contributed by atoms with Crippen LogP contribution in [0.2, 0.25) is 0 Å². The molecule has 4 nitrogen and oxygen atoms in total. The lowest BCUT2D eigenvalue weighted by Gasteiger charge is -2.15. The van der Waals surface area contributed by atoms with Crippen molar-refractivity contribution < 1.29 is 19.1 Å². The van der Waals surface area contributed by atoms with E-state index in [9.17, 15) is 9.59 Å². The first-order valence-electron chi connectivity index (χ1n) is 10.8. The monoisotopic (exact) mass is 430 g/mol. The second kappa shape index (κ2) is 9.82. The lowest BCUT2D eigenvalue weighted by molar-refractivity contribution is -0.143. The van der Waals surface area contributed by atoms with Gasteiger partial charge in [-0.1, -0.05) is 68.6 Å². The SMILES string of the molecule is C=C(C)C(=O)OCC(C)c1ccc2c(ccc3cc(CC(C)OC(=O)C(=C)C)ccc32)c1. The van der Waals surface area contributed by atoms with Gasteiger partial charge in [0.1, 0.15) is 6.10 Å². The minimum atomic E-state index is -0.358. The van der Waals surface area contributed by atoms with Crippen molar-refractivity contribution >= 4 is 33.5 Å². The average molecular weight is 431 g/mol. The molecule has 0 saturated heterocycles. The quantitative estimate of drug-likeness (QED) is 0.240. The standard InChI is InChI=1S/C28H30O4/c1-17(2)27(29)31-16-19(5)22-10-12-26-24(15-22)9-8-23-14-21(7-11-25(23)26)13-20(6)32-28(30)18(3)4/h7-12,14-15,19-20H,1,3,13,16H2,2,4-6H3. The molecule has 166 valence electrons. The first kappa shape index (κ1) is 23.3. The maximum atomic E-state index is 11.7. The molecule has 32 heavy (non-hydrogen) atoms. The molecule has 0 radical (unpaired) electrons. The van der Waals surface area contributed by atoms with Gasteiger partial charge in [0.05, 0.1) is 6.61 Å². The van der Waals surface area contributed by atoms with Gasteiger partial charge in [-0.05, 0) is 53.4 Å². The summed E-state index contributed by atoms with van der Waals surface area (Å²) in [5.41, 5.74) is 3.05. The van der Waals surface area contributed by atoms with Crippen LogP contribution < -0.4 is 0 Å². The van der Waals surface area contributed by atoms with E-state index in [4.69, 9.17) is 9.47 Å². The van der Waals surface area contributed by atoms with Crippen LogP contribution in [0.15, 0.2) is 72.8 Å². The molecule has 0 N–H and O–H groups in total. The molecule has 0 spiro atoms. The van der Waals surface area contributed by atoms with Gasteiger partial charge in [-0.3, -0.25) is 0 Å². The number of esters is 2. The van der Waals surface area contributed by atoms with Crippen molar-refractivity contribution in [2.24, 2.45) is 0 Å². The lowest BCUT2D eigenvalue weighted by Crippen LogP contribution is -2.17. The van der Waals surface area contributed by atoms with Crippen molar-refractivity contribution in [3.8, 4) is 0 Å². The Morgan fingerprint density at radius 2 is 1.44 bits per heavy atom. The van der Waals surface area contributed by atoms with Crippen LogP contribution >= 0.6 is 0 Å². The van der Waals surface area contributed by atoms with Gasteiger partial charge in [0, 0.05) is 23.5 Å². The number of hydrogen-bond acceptors (Lipinski definition) is 4. The Kier molecular flexibility index (Phi) is 7.14. The predicted octanol–water partition coefficient (Wildman–Crippen LogP) is 6.27. The zero-order chi connectivity index (χ0) is 23.4. The summed E-state index contributed by atoms with van der Waals surface area (Å²) in [6, 6.07) is 16.9. The summed E-state index contributed by atoms with van der Waals surface area (Å²) in [6.07, 6.45) is 0.423. The smallest absolute Gasteiger partial charge is 0.333 e. The van der Waals surface area contributed by atoms with E-state index in [1.165, 1.54) is 10.8 Å². The van der Waals surface area contributed by atoms with E-state index in [-0.39, 0.29) is 24.0 Å². The molecule has 0 aliphatic rings. The summed E-state index contributed by atoms with van der Waals surface area (Å²) in [5, 5.41) is 4.63. The van der Waals surface area contributed by atoms with Crippen molar-refractivity contribution in [1.29, 1.82) is 0 Å². The van der Waals surface area contributed by atoms with Gasteiger partial charge < -0.3 is 9.47 Å². The highest BCUT2D eigenvalue weighted by Crippen LogP contribution is 2.29. The molecule has 0 heterocycles. The van der Waals surface area contributed by atoms with Crippen molar-refractivity contribution in [2.75, 3.05) is 6.61 Å². The fraction of sp³-hybridized carbons (Fsp3) is 0.286. The van der Waals surface area contributed by atoms with Gasteiger partial charge in [-0.15, -0.1) is 0 Å². The summed E-state index contributed by atoms with van der Waals surface area (Å²) in [6.45, 7) is 14.8. The van der Waals surface area contributed by atoms with Crippen LogP contribution in [0, 0.1) is 0 Å². The zero-order valence-corrected chi connectivity index (χ0v) is 19.2. The minimum Gasteiger partial charge on any atom is -0.462 e. The van der Waals surface area contributed by atoms with Crippen molar-refractivity contribution in [3.63, 3.8) is 0 Å². The molecular formula is C28H30O4. The van der Waals surface area contributed by atoms with Crippen LogP contribution in [-0.4, -0.2) is 24.6 Å². The van der Waals surface area contributed by atoms with Crippen LogP contribution in [0.5, 0.6) is 0 Å². The highest BCUT2D eigenvalue weighted by atomic mass is 16.5. The van der Waals surface area contributed by atoms with Gasteiger partial charge in [-0.2, -0.15) is 0 Å². The lowest BCUT2D eigenvalue weighted by atomic mass is 9.94. The topological polar surface area (TPSA) is 52.6 Å². The number of rotatable bonds is 8. The molecular weight excluding hydrogens is 400 g/mol. The largest absolute Gasteiger partial charge is 0.462 e. The second-order valence-electron chi connectivity index (χ2n) is 8.58. The molecule has 2 atom stereocenters. The maximum absolute atomic E-state index is 11.7. The molecule has 3 rings (SSSR count). The summed E-state index contributed by atoms with van der Waals surface area (Å²) in [5.74, 6) is -0.629. The molecule has 0 fully saturated rings. The van der Waals surface area contributed by atoms with Crippen LogP contribution in [0.25, 0.3) is 21.5 Å². The van der Waals surface area contributed by atoms with E-state index >= 15 is 0 Å². The Hall–Kier alpha value is -3.40. The zero-order valence-electron chi connectivity index (χ0n) is 19.2. The van der Waals surface area contributed by atoms with E-state index in [0.717, 1.165) is 21.9 Å². The van der Waals surface area contributed by atoms with E-state index < -0.39 is 0 Å². The third-order valence-electron chi connectivity index (χ3n) is 5.49. The Labute approximate surface area is 189 Å². The van der Waals surface area contributed by atoms with Crippen LogP contribution in [-0.2, 0) is 25.5 Å². The number of hydrogen-bond donors (Lipinski definition) is 0. The van der Waals surface area contributed by atoms with E-state index in [1.807, 2.05) is 13.8 Å². The number of carbonyl (C=O) groups excluding carboxylic acids is 2. The third-order valence-corrected chi connectivity index (χ3v) is 5.49. The number of benzene rings is 3. The number of carbonyl (C=O) groups is 2. The molecule has 0 amide bonds. The van der Waals surface area contributed by atoms with Gasteiger partial charge in [0.25, 0.3) is 0 Å². The van der Waals surface area contributed by atoms with Gasteiger partial charge in [0.15, 0.2) is 0 Å². The fourth-order valence-electron chi connectivity index (χ4n) is 3.65. The van der Waals surface area contributed by atoms with Gasteiger partial charge in [-0.25, -0.2) is 9.59 Å². The van der Waals surface area contributed by atoms with Crippen molar-refractivity contribution in [1.82, 2.24) is 0 Å². The van der Waals surface area contributed by atoms with Gasteiger partial charge in [0.2, 0.25) is 0 Å². The van der Waals surface area contributed by atoms with Crippen LogP contribution in [0.1, 0.15) is 44.7 Å². The Morgan fingerprint density at radius 1 is 0.844 bits per heavy atom. The Morgan fingerprint density at radius 3 is 2.06 bits per heavy atom. The molecule has 0 bridgehead atoms. The van der Waals surface area contributed by atoms with Crippen LogP contribution in [0.4, 0.5) is 0 Å². The summed E-state index contributed by atoms with van der Waals surface area (Å²) >= 11 is 0. The molecule has 4 heteroatoms. The minimum absolute atomic E-state index is 0.0872. The number of fused-ring (bicyclic) bond motifs is 3. The first-order valence-corrected chi connectivity index (χ1v) is 10.8. The van der Waals surface area contributed by atoms with E-state index in [1.54, 1.807) is 13.8 Å². The van der Waals surface area contributed by atoms with Crippen molar-refractivity contribution in [3.05, 3.63) is 84.0 Å². The first-order chi connectivity index (χ1) is 15.2. The fourth-order valence-corrected chi connectivity index (χ4v) is 3.65. The highest BCUT2D eigenvalue weighted by molar-refractivity contribution is 6.07. The molecule has 0 aliphatic carbocycles. The molecule has 2 unspecified atom stereocenters. The molecule has 3 aromatic rings. The predicted molar refractivity (Wildman–Crippen MR) is 130 cm³/mol. The molecule has 0 aliphatic heterocycles. The summed E-state index contributed by atoms with van der Waals surface area (Å²) < 4.78 is 10.7. The van der Waals surface area contributed by atoms with Crippen molar-refractivity contribution in [2.45, 2.75) is 46.1 Å². The molecule has 0 aromatic heterocycles. The summed E-state index contributed by atoms with van der Waals surface area (Å²) in [4.78, 5) is 23.4. The number of ether oxygens (including phenoxy) is 2. The highest BCUT2D eigenvalue weighted by Gasteiger charge is 2.13. The Bertz CT molecular complexity index is 1200. The summed E-state index contributed by atoms with van der Waals surface area (Å²) in [7, 11) is 0. The van der Waals surface area contributed by atoms with E-state index in [2.05, 4.69) is 61.7 Å². The second-order valence-corrected chi connectivity index (χ2v) is 8.58. The molecule has 3 aromatic carbocycles. The average Bonchev–Trinajstić information content (AvgIpc) is 2.76. The third kappa shape index (κ3) is 5.44. The maximum Gasteiger partial charge on any atom is 0.333 e. The normalized spacial score (nSPS) is 12.9. The molecule has 0 saturated carbocycles. The van der Waals surface area contributed by atoms with Crippen LogP contribution in [0.3, 0.4) is 0 Å². The van der Waals surface area contributed by atoms with Gasteiger partial charge >= 0.3 is 11.9 Å².